The molecular weight excluding hydrogens is 256 g/mol. The van der Waals surface area contributed by atoms with Crippen LogP contribution in [0, 0.1) is 6.92 Å². The highest BCUT2D eigenvalue weighted by molar-refractivity contribution is 7.13. The number of carbonyl (C=O) groups is 2. The maximum atomic E-state index is 10.6. The van der Waals surface area contributed by atoms with Crippen molar-refractivity contribution in [3.05, 3.63) is 11.1 Å². The van der Waals surface area contributed by atoms with Gasteiger partial charge >= 0.3 is 11.9 Å². The maximum Gasteiger partial charge on any atom is 0.305 e. The molecule has 7 heteroatoms. The first-order chi connectivity index (χ1) is 8.49. The van der Waals surface area contributed by atoms with Crippen molar-refractivity contribution in [1.82, 2.24) is 4.98 Å². The highest BCUT2D eigenvalue weighted by atomic mass is 32.1. The lowest BCUT2D eigenvalue weighted by molar-refractivity contribution is -0.138. The summed E-state index contributed by atoms with van der Waals surface area (Å²) in [5.41, 5.74) is 0.883. The molecule has 1 rings (SSSR count). The standard InChI is InChI=1S/C11H16N2O4S/c1-8-7-18-11(12-8)13(6-4-10(16)17)5-2-3-9(14)15/h7H,2-6H2,1H3,(H,14,15)(H,16,17). The Bertz CT molecular complexity index is 419. The van der Waals surface area contributed by atoms with E-state index >= 15 is 0 Å². The molecule has 1 aromatic rings. The van der Waals surface area contributed by atoms with Crippen LogP contribution in [0.5, 0.6) is 0 Å². The Kier molecular flexibility index (Phi) is 5.57. The molecule has 0 unspecified atom stereocenters. The van der Waals surface area contributed by atoms with Crippen molar-refractivity contribution in [2.75, 3.05) is 18.0 Å². The SMILES string of the molecule is Cc1csc(N(CCCC(=O)O)CCC(=O)O)n1. The van der Waals surface area contributed by atoms with Crippen molar-refractivity contribution >= 4 is 28.4 Å². The molecular formula is C11H16N2O4S. The van der Waals surface area contributed by atoms with Crippen LogP contribution < -0.4 is 4.90 Å². The van der Waals surface area contributed by atoms with Gasteiger partial charge in [0.2, 0.25) is 0 Å². The topological polar surface area (TPSA) is 90.7 Å². The van der Waals surface area contributed by atoms with Crippen molar-refractivity contribution in [2.45, 2.75) is 26.2 Å². The minimum absolute atomic E-state index is 0.0195. The Morgan fingerprint density at radius 3 is 2.44 bits per heavy atom. The van der Waals surface area contributed by atoms with Gasteiger partial charge in [-0.1, -0.05) is 0 Å². The second kappa shape index (κ2) is 6.95. The van der Waals surface area contributed by atoms with Crippen LogP contribution >= 0.6 is 11.3 Å². The van der Waals surface area contributed by atoms with Crippen molar-refractivity contribution in [3.63, 3.8) is 0 Å². The average Bonchev–Trinajstić information content (AvgIpc) is 2.69. The summed E-state index contributed by atoms with van der Waals surface area (Å²) in [5.74, 6) is -1.71. The number of thiazole rings is 1. The van der Waals surface area contributed by atoms with Crippen LogP contribution in [0.2, 0.25) is 0 Å². The molecule has 0 atom stereocenters. The van der Waals surface area contributed by atoms with Crippen LogP contribution in [0.3, 0.4) is 0 Å². The Balaban J connectivity index is 2.57. The lowest BCUT2D eigenvalue weighted by Gasteiger charge is -2.20. The Morgan fingerprint density at radius 2 is 1.94 bits per heavy atom. The third kappa shape index (κ3) is 5.13. The maximum absolute atomic E-state index is 10.6. The highest BCUT2D eigenvalue weighted by Gasteiger charge is 2.12. The molecule has 2 N–H and O–H groups in total. The van der Waals surface area contributed by atoms with Gasteiger partial charge in [-0.15, -0.1) is 11.3 Å². The fourth-order valence-electron chi connectivity index (χ4n) is 1.44. The minimum atomic E-state index is -0.869. The zero-order chi connectivity index (χ0) is 13.5. The molecule has 0 saturated carbocycles. The molecule has 0 aliphatic heterocycles. The number of carboxylic acid groups (broad SMARTS) is 2. The summed E-state index contributed by atoms with van der Waals surface area (Å²) < 4.78 is 0. The summed E-state index contributed by atoms with van der Waals surface area (Å²) >= 11 is 1.44. The van der Waals surface area contributed by atoms with E-state index in [0.29, 0.717) is 19.5 Å². The third-order valence-corrected chi connectivity index (χ3v) is 3.31. The summed E-state index contributed by atoms with van der Waals surface area (Å²) in [6, 6.07) is 0. The summed E-state index contributed by atoms with van der Waals surface area (Å²) in [5, 5.41) is 19.9. The molecule has 0 aromatic carbocycles. The number of hydrogen-bond donors (Lipinski definition) is 2. The summed E-state index contributed by atoms with van der Waals surface area (Å²) in [4.78, 5) is 27.2. The van der Waals surface area contributed by atoms with E-state index in [0.717, 1.165) is 10.8 Å². The van der Waals surface area contributed by atoms with E-state index in [1.807, 2.05) is 17.2 Å². The largest absolute Gasteiger partial charge is 0.481 e. The molecule has 18 heavy (non-hydrogen) atoms. The van der Waals surface area contributed by atoms with E-state index in [-0.39, 0.29) is 12.8 Å². The van der Waals surface area contributed by atoms with Gasteiger partial charge in [-0.3, -0.25) is 9.59 Å². The third-order valence-electron chi connectivity index (χ3n) is 2.29. The monoisotopic (exact) mass is 272 g/mol. The Hall–Kier alpha value is -1.63. The van der Waals surface area contributed by atoms with Crippen LogP contribution in [0.25, 0.3) is 0 Å². The zero-order valence-corrected chi connectivity index (χ0v) is 10.9. The normalized spacial score (nSPS) is 10.3. The molecule has 0 saturated heterocycles. The highest BCUT2D eigenvalue weighted by Crippen LogP contribution is 2.20. The van der Waals surface area contributed by atoms with Crippen molar-refractivity contribution in [1.29, 1.82) is 0 Å². The van der Waals surface area contributed by atoms with Crippen molar-refractivity contribution in [3.8, 4) is 0 Å². The first kappa shape index (κ1) is 14.4. The van der Waals surface area contributed by atoms with E-state index in [1.165, 1.54) is 11.3 Å². The number of nitrogens with zero attached hydrogens (tertiary/aromatic N) is 2. The molecule has 6 nitrogen and oxygen atoms in total. The lowest BCUT2D eigenvalue weighted by Crippen LogP contribution is -2.27. The molecule has 0 aliphatic rings. The average molecular weight is 272 g/mol. The summed E-state index contributed by atoms with van der Waals surface area (Å²) in [6.07, 6.45) is 0.577. The quantitative estimate of drug-likeness (QED) is 0.747. The second-order valence-corrected chi connectivity index (χ2v) is 4.74. The zero-order valence-electron chi connectivity index (χ0n) is 10.1. The van der Waals surface area contributed by atoms with Gasteiger partial charge in [-0.05, 0) is 13.3 Å². The number of carboxylic acids is 2. The number of anilines is 1. The predicted molar refractivity (Wildman–Crippen MR) is 68.2 cm³/mol. The number of aromatic nitrogens is 1. The molecule has 100 valence electrons. The molecule has 0 bridgehead atoms. The number of aliphatic carboxylic acids is 2. The van der Waals surface area contributed by atoms with E-state index in [2.05, 4.69) is 4.98 Å². The van der Waals surface area contributed by atoms with Crippen LogP contribution in [0.1, 0.15) is 25.0 Å². The van der Waals surface area contributed by atoms with Crippen molar-refractivity contribution < 1.29 is 19.8 Å². The molecule has 0 aliphatic carbocycles. The first-order valence-corrected chi connectivity index (χ1v) is 6.47. The Morgan fingerprint density at radius 1 is 1.28 bits per heavy atom. The van der Waals surface area contributed by atoms with Crippen LogP contribution in [-0.2, 0) is 9.59 Å². The van der Waals surface area contributed by atoms with E-state index < -0.39 is 11.9 Å². The number of aryl methyl sites for hydroxylation is 1. The van der Waals surface area contributed by atoms with E-state index in [4.69, 9.17) is 10.2 Å². The van der Waals surface area contributed by atoms with Gasteiger partial charge in [0.15, 0.2) is 5.13 Å². The molecule has 0 spiro atoms. The van der Waals surface area contributed by atoms with Gasteiger partial charge in [0, 0.05) is 24.9 Å². The van der Waals surface area contributed by atoms with Gasteiger partial charge in [0.1, 0.15) is 0 Å². The molecule has 0 radical (unpaired) electrons. The number of hydrogen-bond acceptors (Lipinski definition) is 5. The predicted octanol–water partition coefficient (Wildman–Crippen LogP) is 1.60. The lowest BCUT2D eigenvalue weighted by atomic mass is 10.3. The van der Waals surface area contributed by atoms with E-state index in [9.17, 15) is 9.59 Å². The van der Waals surface area contributed by atoms with Crippen LogP contribution in [0.4, 0.5) is 5.13 Å². The fourth-order valence-corrected chi connectivity index (χ4v) is 2.30. The fraction of sp³-hybridized carbons (Fsp3) is 0.545. The van der Waals surface area contributed by atoms with Crippen molar-refractivity contribution in [2.24, 2.45) is 0 Å². The molecule has 0 fully saturated rings. The van der Waals surface area contributed by atoms with Gasteiger partial charge < -0.3 is 15.1 Å². The Labute approximate surface area is 109 Å². The first-order valence-electron chi connectivity index (χ1n) is 5.59. The van der Waals surface area contributed by atoms with Gasteiger partial charge in [-0.2, -0.15) is 0 Å². The molecule has 1 aromatic heterocycles. The van der Waals surface area contributed by atoms with Crippen LogP contribution in [0.15, 0.2) is 5.38 Å². The minimum Gasteiger partial charge on any atom is -0.481 e. The summed E-state index contributed by atoms with van der Waals surface area (Å²) in [6.45, 7) is 2.72. The van der Waals surface area contributed by atoms with Gasteiger partial charge in [0.25, 0.3) is 0 Å². The van der Waals surface area contributed by atoms with Crippen LogP contribution in [-0.4, -0.2) is 40.2 Å². The smallest absolute Gasteiger partial charge is 0.305 e. The van der Waals surface area contributed by atoms with E-state index in [1.54, 1.807) is 0 Å². The molecule has 0 amide bonds. The van der Waals surface area contributed by atoms with Gasteiger partial charge in [0.05, 0.1) is 12.1 Å². The van der Waals surface area contributed by atoms with Gasteiger partial charge in [-0.25, -0.2) is 4.98 Å². The summed E-state index contributed by atoms with van der Waals surface area (Å²) in [7, 11) is 0. The second-order valence-electron chi connectivity index (χ2n) is 3.90. The molecule has 1 heterocycles. The number of rotatable bonds is 8.